The zero-order valence-electron chi connectivity index (χ0n) is 9.50. The Hall–Kier alpha value is -0.830. The van der Waals surface area contributed by atoms with Gasteiger partial charge in [0.1, 0.15) is 5.76 Å². The number of aromatic nitrogens is 1. The van der Waals surface area contributed by atoms with E-state index in [-0.39, 0.29) is 6.04 Å². The predicted octanol–water partition coefficient (Wildman–Crippen LogP) is 2.82. The van der Waals surface area contributed by atoms with Crippen LogP contribution in [0.1, 0.15) is 51.3 Å². The molecule has 2 unspecified atom stereocenters. The Morgan fingerprint density at radius 2 is 2.21 bits per heavy atom. The fourth-order valence-electron chi connectivity index (χ4n) is 1.59. The van der Waals surface area contributed by atoms with E-state index in [0.717, 1.165) is 11.7 Å². The van der Waals surface area contributed by atoms with Crippen molar-refractivity contribution in [1.82, 2.24) is 10.3 Å². The van der Waals surface area contributed by atoms with Crippen LogP contribution in [0, 0.1) is 6.92 Å². The van der Waals surface area contributed by atoms with Crippen molar-refractivity contribution in [3.05, 3.63) is 17.8 Å². The van der Waals surface area contributed by atoms with Gasteiger partial charge in [0.05, 0.1) is 12.2 Å². The minimum Gasteiger partial charge on any atom is -0.444 e. The van der Waals surface area contributed by atoms with E-state index in [9.17, 15) is 0 Å². The monoisotopic (exact) mass is 196 g/mol. The molecule has 1 rings (SSSR count). The van der Waals surface area contributed by atoms with Crippen molar-refractivity contribution in [2.24, 2.45) is 0 Å². The maximum atomic E-state index is 5.45. The molecule has 0 aromatic carbocycles. The minimum atomic E-state index is 0.199. The zero-order chi connectivity index (χ0) is 10.6. The van der Waals surface area contributed by atoms with Crippen molar-refractivity contribution < 1.29 is 4.42 Å². The summed E-state index contributed by atoms with van der Waals surface area (Å²) in [5.41, 5.74) is 0. The molecule has 0 saturated carbocycles. The summed E-state index contributed by atoms with van der Waals surface area (Å²) in [6, 6.07) is 0.715. The number of hydrogen-bond donors (Lipinski definition) is 1. The Morgan fingerprint density at radius 1 is 1.50 bits per heavy atom. The molecule has 1 N–H and O–H groups in total. The number of hydrogen-bond acceptors (Lipinski definition) is 3. The van der Waals surface area contributed by atoms with Crippen molar-refractivity contribution in [2.75, 3.05) is 0 Å². The van der Waals surface area contributed by atoms with Gasteiger partial charge in [0, 0.05) is 6.04 Å². The topological polar surface area (TPSA) is 38.1 Å². The van der Waals surface area contributed by atoms with Gasteiger partial charge in [-0.15, -0.1) is 0 Å². The lowest BCUT2D eigenvalue weighted by atomic mass is 10.2. The van der Waals surface area contributed by atoms with Crippen LogP contribution in [0.25, 0.3) is 0 Å². The number of rotatable bonds is 5. The SMILES string of the molecule is CCCC(C)NC(C)c1ncc(C)o1. The molecular weight excluding hydrogens is 176 g/mol. The molecule has 3 nitrogen and oxygen atoms in total. The Labute approximate surface area is 85.9 Å². The summed E-state index contributed by atoms with van der Waals surface area (Å²) < 4.78 is 5.45. The quantitative estimate of drug-likeness (QED) is 0.787. The van der Waals surface area contributed by atoms with Gasteiger partial charge in [0.25, 0.3) is 0 Å². The van der Waals surface area contributed by atoms with Gasteiger partial charge >= 0.3 is 0 Å². The van der Waals surface area contributed by atoms with Gasteiger partial charge in [-0.1, -0.05) is 13.3 Å². The number of aryl methyl sites for hydroxylation is 1. The summed E-state index contributed by atoms with van der Waals surface area (Å²) in [5, 5.41) is 3.45. The summed E-state index contributed by atoms with van der Waals surface area (Å²) in [6.07, 6.45) is 4.15. The maximum Gasteiger partial charge on any atom is 0.211 e. The first kappa shape index (κ1) is 11.2. The molecule has 3 heteroatoms. The lowest BCUT2D eigenvalue weighted by molar-refractivity contribution is 0.368. The molecule has 0 amide bonds. The molecule has 1 aromatic rings. The normalized spacial score (nSPS) is 15.4. The van der Waals surface area contributed by atoms with E-state index < -0.39 is 0 Å². The van der Waals surface area contributed by atoms with E-state index in [1.54, 1.807) is 6.20 Å². The Bertz CT molecular complexity index is 270. The maximum absolute atomic E-state index is 5.45. The Kier molecular flexibility index (Phi) is 4.14. The lowest BCUT2D eigenvalue weighted by Crippen LogP contribution is -2.28. The fourth-order valence-corrected chi connectivity index (χ4v) is 1.59. The highest BCUT2D eigenvalue weighted by Gasteiger charge is 2.13. The summed E-state index contributed by atoms with van der Waals surface area (Å²) in [6.45, 7) is 8.38. The zero-order valence-corrected chi connectivity index (χ0v) is 9.50. The van der Waals surface area contributed by atoms with E-state index in [1.807, 2.05) is 6.92 Å². The van der Waals surface area contributed by atoms with Gasteiger partial charge < -0.3 is 9.73 Å². The van der Waals surface area contributed by atoms with E-state index in [1.165, 1.54) is 12.8 Å². The van der Waals surface area contributed by atoms with Crippen LogP contribution < -0.4 is 5.32 Å². The van der Waals surface area contributed by atoms with Crippen molar-refractivity contribution >= 4 is 0 Å². The smallest absolute Gasteiger partial charge is 0.211 e. The second-order valence-corrected chi connectivity index (χ2v) is 3.89. The standard InChI is InChI=1S/C11H20N2O/c1-5-6-8(2)13-10(4)11-12-7-9(3)14-11/h7-8,10,13H,5-6H2,1-4H3. The first-order chi connectivity index (χ1) is 6.63. The molecule has 0 aliphatic carbocycles. The number of nitrogens with zero attached hydrogens (tertiary/aromatic N) is 1. The van der Waals surface area contributed by atoms with Crippen LogP contribution in [0.3, 0.4) is 0 Å². The van der Waals surface area contributed by atoms with Crippen molar-refractivity contribution in [1.29, 1.82) is 0 Å². The predicted molar refractivity (Wildman–Crippen MR) is 57.2 cm³/mol. The van der Waals surface area contributed by atoms with Crippen LogP contribution in [-0.2, 0) is 0 Å². The van der Waals surface area contributed by atoms with Gasteiger partial charge in [-0.25, -0.2) is 4.98 Å². The highest BCUT2D eigenvalue weighted by Crippen LogP contribution is 2.13. The molecule has 0 radical (unpaired) electrons. The molecule has 0 saturated heterocycles. The fraction of sp³-hybridized carbons (Fsp3) is 0.727. The molecule has 0 aliphatic heterocycles. The van der Waals surface area contributed by atoms with Crippen LogP contribution in [0.4, 0.5) is 0 Å². The average molecular weight is 196 g/mol. The molecule has 0 bridgehead atoms. The van der Waals surface area contributed by atoms with Crippen LogP contribution in [-0.4, -0.2) is 11.0 Å². The van der Waals surface area contributed by atoms with E-state index >= 15 is 0 Å². The third kappa shape index (κ3) is 3.14. The average Bonchev–Trinajstić information content (AvgIpc) is 2.52. The minimum absolute atomic E-state index is 0.199. The third-order valence-electron chi connectivity index (χ3n) is 2.27. The molecule has 14 heavy (non-hydrogen) atoms. The van der Waals surface area contributed by atoms with Crippen molar-refractivity contribution in [2.45, 2.75) is 52.6 Å². The van der Waals surface area contributed by atoms with Crippen LogP contribution >= 0.6 is 0 Å². The first-order valence-corrected chi connectivity index (χ1v) is 5.31. The van der Waals surface area contributed by atoms with Gasteiger partial charge in [-0.3, -0.25) is 0 Å². The molecule has 1 heterocycles. The summed E-state index contributed by atoms with van der Waals surface area (Å²) in [7, 11) is 0. The molecule has 0 fully saturated rings. The second-order valence-electron chi connectivity index (χ2n) is 3.89. The highest BCUT2D eigenvalue weighted by molar-refractivity contribution is 4.95. The third-order valence-corrected chi connectivity index (χ3v) is 2.27. The molecule has 2 atom stereocenters. The van der Waals surface area contributed by atoms with E-state index in [0.29, 0.717) is 6.04 Å². The Balaban J connectivity index is 2.45. The van der Waals surface area contributed by atoms with Crippen LogP contribution in [0.5, 0.6) is 0 Å². The highest BCUT2D eigenvalue weighted by atomic mass is 16.4. The van der Waals surface area contributed by atoms with E-state index in [4.69, 9.17) is 4.42 Å². The first-order valence-electron chi connectivity index (χ1n) is 5.31. The molecule has 0 aliphatic rings. The van der Waals surface area contributed by atoms with Gasteiger partial charge in [-0.2, -0.15) is 0 Å². The molecule has 80 valence electrons. The molecule has 0 spiro atoms. The summed E-state index contributed by atoms with van der Waals surface area (Å²) in [5.74, 6) is 1.65. The Morgan fingerprint density at radius 3 is 2.71 bits per heavy atom. The van der Waals surface area contributed by atoms with Crippen molar-refractivity contribution in [3.8, 4) is 0 Å². The van der Waals surface area contributed by atoms with Crippen molar-refractivity contribution in [3.63, 3.8) is 0 Å². The van der Waals surface area contributed by atoms with Crippen LogP contribution in [0.2, 0.25) is 0 Å². The van der Waals surface area contributed by atoms with Gasteiger partial charge in [0.2, 0.25) is 5.89 Å². The van der Waals surface area contributed by atoms with E-state index in [2.05, 4.69) is 31.1 Å². The van der Waals surface area contributed by atoms with Crippen LogP contribution in [0.15, 0.2) is 10.6 Å². The number of oxazole rings is 1. The number of nitrogens with one attached hydrogen (secondary N) is 1. The largest absolute Gasteiger partial charge is 0.444 e. The second kappa shape index (κ2) is 5.15. The summed E-state index contributed by atoms with van der Waals surface area (Å²) in [4.78, 5) is 4.20. The summed E-state index contributed by atoms with van der Waals surface area (Å²) >= 11 is 0. The lowest BCUT2D eigenvalue weighted by Gasteiger charge is -2.16. The molecule has 1 aromatic heterocycles. The molecular formula is C11H20N2O. The van der Waals surface area contributed by atoms with Gasteiger partial charge in [-0.05, 0) is 27.2 Å². The van der Waals surface area contributed by atoms with Gasteiger partial charge in [0.15, 0.2) is 0 Å².